The highest BCUT2D eigenvalue weighted by atomic mass is 35.5. The van der Waals surface area contributed by atoms with Crippen molar-refractivity contribution in [1.29, 1.82) is 0 Å². The maximum Gasteiger partial charge on any atom is 0.270 e. The van der Waals surface area contributed by atoms with Crippen LogP contribution in [-0.4, -0.2) is 16.0 Å². The zero-order chi connectivity index (χ0) is 12.3. The number of rotatable bonds is 3. The third-order valence-electron chi connectivity index (χ3n) is 2.07. The summed E-state index contributed by atoms with van der Waals surface area (Å²) in [6, 6.07) is 4.94. The van der Waals surface area contributed by atoms with Crippen molar-refractivity contribution in [3.63, 3.8) is 0 Å². The molecule has 2 heterocycles. The topological polar surface area (TPSA) is 68.0 Å². The number of carbonyl (C=O) groups excluding carboxylic acids is 1. The lowest BCUT2D eigenvalue weighted by molar-refractivity contribution is 0.0945. The molecule has 0 bridgehead atoms. The molecule has 2 aromatic rings. The first kappa shape index (κ1) is 11.6. The number of aromatic nitrogens is 2. The van der Waals surface area contributed by atoms with Gasteiger partial charge in [-0.3, -0.25) is 4.79 Å². The van der Waals surface area contributed by atoms with E-state index in [-0.39, 0.29) is 5.91 Å². The van der Waals surface area contributed by atoms with E-state index in [0.717, 1.165) is 0 Å². The molecule has 0 unspecified atom stereocenters. The predicted octanol–water partition coefficient (Wildman–Crippen LogP) is 1.96. The first-order valence-electron chi connectivity index (χ1n) is 4.97. The Morgan fingerprint density at radius 1 is 1.53 bits per heavy atom. The van der Waals surface area contributed by atoms with Crippen LogP contribution < -0.4 is 5.32 Å². The van der Waals surface area contributed by atoms with Crippen molar-refractivity contribution in [2.45, 2.75) is 13.5 Å². The molecule has 0 radical (unpaired) electrons. The van der Waals surface area contributed by atoms with E-state index in [9.17, 15) is 4.79 Å². The van der Waals surface area contributed by atoms with Crippen LogP contribution >= 0.6 is 11.6 Å². The minimum atomic E-state index is -0.276. The molecule has 6 heteroatoms. The van der Waals surface area contributed by atoms with Crippen LogP contribution in [0.15, 0.2) is 28.9 Å². The summed E-state index contributed by atoms with van der Waals surface area (Å²) in [5.41, 5.74) is 0.986. The van der Waals surface area contributed by atoms with Gasteiger partial charge in [0.05, 0.1) is 11.6 Å². The Bertz CT molecular complexity index is 522. The van der Waals surface area contributed by atoms with Crippen LogP contribution in [0.1, 0.15) is 21.9 Å². The van der Waals surface area contributed by atoms with Crippen LogP contribution in [-0.2, 0) is 6.54 Å². The third kappa shape index (κ3) is 3.04. The van der Waals surface area contributed by atoms with E-state index in [1.54, 1.807) is 25.1 Å². The number of nitrogens with zero attached hydrogens (tertiary/aromatic N) is 2. The van der Waals surface area contributed by atoms with Gasteiger partial charge >= 0.3 is 0 Å². The number of hydrogen-bond acceptors (Lipinski definition) is 4. The molecule has 0 aliphatic rings. The van der Waals surface area contributed by atoms with Crippen molar-refractivity contribution < 1.29 is 9.32 Å². The molecule has 2 aromatic heterocycles. The van der Waals surface area contributed by atoms with Gasteiger partial charge in [-0.05, 0) is 19.1 Å². The first-order chi connectivity index (χ1) is 8.15. The van der Waals surface area contributed by atoms with Crippen LogP contribution in [0.2, 0.25) is 5.02 Å². The molecule has 0 aromatic carbocycles. The van der Waals surface area contributed by atoms with Gasteiger partial charge in [0.25, 0.3) is 5.91 Å². The highest BCUT2D eigenvalue weighted by Gasteiger charge is 2.07. The number of nitrogens with one attached hydrogen (secondary N) is 1. The minimum absolute atomic E-state index is 0.276. The van der Waals surface area contributed by atoms with Gasteiger partial charge in [0.1, 0.15) is 17.1 Å². The Hall–Kier alpha value is -1.88. The molecule has 0 saturated heterocycles. The molecule has 0 atom stereocenters. The summed E-state index contributed by atoms with van der Waals surface area (Å²) < 4.78 is 4.88. The maximum absolute atomic E-state index is 11.7. The molecule has 0 saturated carbocycles. The van der Waals surface area contributed by atoms with Crippen LogP contribution in [0.25, 0.3) is 0 Å². The standard InChI is InChI=1S/C11H10ClN3O2/c1-7-4-9(15-17-7)6-14-11(16)10-3-2-8(12)5-13-10/h2-5H,6H2,1H3,(H,14,16). The molecule has 2 rings (SSSR count). The molecular weight excluding hydrogens is 242 g/mol. The van der Waals surface area contributed by atoms with E-state index >= 15 is 0 Å². The molecule has 5 nitrogen and oxygen atoms in total. The van der Waals surface area contributed by atoms with Crippen molar-refractivity contribution in [2.24, 2.45) is 0 Å². The van der Waals surface area contributed by atoms with Crippen molar-refractivity contribution >= 4 is 17.5 Å². The normalized spacial score (nSPS) is 10.2. The Morgan fingerprint density at radius 2 is 2.35 bits per heavy atom. The number of halogens is 1. The average Bonchev–Trinajstić information content (AvgIpc) is 2.73. The molecule has 0 aliphatic heterocycles. The smallest absolute Gasteiger partial charge is 0.270 e. The maximum atomic E-state index is 11.7. The van der Waals surface area contributed by atoms with Gasteiger partial charge in [-0.2, -0.15) is 0 Å². The Morgan fingerprint density at radius 3 is 2.94 bits per heavy atom. The van der Waals surface area contributed by atoms with E-state index in [0.29, 0.717) is 28.7 Å². The largest absolute Gasteiger partial charge is 0.361 e. The number of pyridine rings is 1. The van der Waals surface area contributed by atoms with Crippen LogP contribution in [0, 0.1) is 6.92 Å². The van der Waals surface area contributed by atoms with Gasteiger partial charge < -0.3 is 9.84 Å². The lowest BCUT2D eigenvalue weighted by Crippen LogP contribution is -2.23. The summed E-state index contributed by atoms with van der Waals surface area (Å²) in [6.07, 6.45) is 1.43. The van der Waals surface area contributed by atoms with Crippen molar-refractivity contribution in [3.8, 4) is 0 Å². The summed E-state index contributed by atoms with van der Waals surface area (Å²) in [4.78, 5) is 15.6. The zero-order valence-corrected chi connectivity index (χ0v) is 9.86. The Kier molecular flexibility index (Phi) is 3.39. The van der Waals surface area contributed by atoms with Gasteiger partial charge in [-0.25, -0.2) is 4.98 Å². The SMILES string of the molecule is Cc1cc(CNC(=O)c2ccc(Cl)cn2)no1. The fraction of sp³-hybridized carbons (Fsp3) is 0.182. The number of carbonyl (C=O) groups is 1. The van der Waals surface area contributed by atoms with Crippen molar-refractivity contribution in [1.82, 2.24) is 15.5 Å². The summed E-state index contributed by atoms with van der Waals surface area (Å²) in [7, 11) is 0. The highest BCUT2D eigenvalue weighted by molar-refractivity contribution is 6.30. The Balaban J connectivity index is 1.95. The molecule has 17 heavy (non-hydrogen) atoms. The van der Waals surface area contributed by atoms with Gasteiger partial charge in [-0.1, -0.05) is 16.8 Å². The highest BCUT2D eigenvalue weighted by Crippen LogP contribution is 2.06. The molecule has 1 amide bonds. The number of hydrogen-bond donors (Lipinski definition) is 1. The van der Waals surface area contributed by atoms with Crippen LogP contribution in [0.4, 0.5) is 0 Å². The van der Waals surface area contributed by atoms with Gasteiger partial charge in [-0.15, -0.1) is 0 Å². The van der Waals surface area contributed by atoms with Gasteiger partial charge in [0, 0.05) is 12.3 Å². The van der Waals surface area contributed by atoms with Crippen molar-refractivity contribution in [2.75, 3.05) is 0 Å². The van der Waals surface area contributed by atoms with Gasteiger partial charge in [0.15, 0.2) is 0 Å². The summed E-state index contributed by atoms with van der Waals surface area (Å²) in [6.45, 7) is 2.10. The van der Waals surface area contributed by atoms with Crippen LogP contribution in [0.5, 0.6) is 0 Å². The molecule has 88 valence electrons. The van der Waals surface area contributed by atoms with E-state index in [2.05, 4.69) is 15.5 Å². The molecule has 1 N–H and O–H groups in total. The van der Waals surface area contributed by atoms with E-state index in [1.165, 1.54) is 6.20 Å². The summed E-state index contributed by atoms with van der Waals surface area (Å²) in [5.74, 6) is 0.432. The van der Waals surface area contributed by atoms with Crippen LogP contribution in [0.3, 0.4) is 0 Å². The lowest BCUT2D eigenvalue weighted by atomic mass is 10.3. The third-order valence-corrected chi connectivity index (χ3v) is 2.29. The van der Waals surface area contributed by atoms with Gasteiger partial charge in [0.2, 0.25) is 0 Å². The lowest BCUT2D eigenvalue weighted by Gasteiger charge is -2.01. The first-order valence-corrected chi connectivity index (χ1v) is 5.35. The summed E-state index contributed by atoms with van der Waals surface area (Å²) in [5, 5.41) is 6.94. The molecular formula is C11H10ClN3O2. The molecule has 0 fully saturated rings. The number of amides is 1. The molecule has 0 aliphatic carbocycles. The van der Waals surface area contributed by atoms with E-state index < -0.39 is 0 Å². The second-order valence-electron chi connectivity index (χ2n) is 3.47. The van der Waals surface area contributed by atoms with E-state index in [1.807, 2.05) is 0 Å². The monoisotopic (exact) mass is 251 g/mol. The second kappa shape index (κ2) is 4.97. The molecule has 0 spiro atoms. The van der Waals surface area contributed by atoms with E-state index in [4.69, 9.17) is 16.1 Å². The predicted molar refractivity (Wildman–Crippen MR) is 61.7 cm³/mol. The Labute approximate surface area is 103 Å². The average molecular weight is 252 g/mol. The zero-order valence-electron chi connectivity index (χ0n) is 9.11. The second-order valence-corrected chi connectivity index (χ2v) is 3.91. The quantitative estimate of drug-likeness (QED) is 0.906. The fourth-order valence-corrected chi connectivity index (χ4v) is 1.38. The number of aryl methyl sites for hydroxylation is 1. The fourth-order valence-electron chi connectivity index (χ4n) is 1.27. The summed E-state index contributed by atoms with van der Waals surface area (Å²) >= 11 is 5.68. The minimum Gasteiger partial charge on any atom is -0.361 e. The van der Waals surface area contributed by atoms with Crippen molar-refractivity contribution in [3.05, 3.63) is 46.6 Å².